The van der Waals surface area contributed by atoms with Crippen molar-refractivity contribution in [3.8, 4) is 0 Å². The number of amides is 2. The molecule has 1 fully saturated rings. The highest BCUT2D eigenvalue weighted by molar-refractivity contribution is 5.91. The Balaban J connectivity index is 1.62. The Labute approximate surface area is 160 Å². The third kappa shape index (κ3) is 4.59. The number of hydrogen-bond donors (Lipinski definition) is 0. The summed E-state index contributed by atoms with van der Waals surface area (Å²) >= 11 is 0. The fraction of sp³-hybridized carbons (Fsp3) is 0.455. The van der Waals surface area contributed by atoms with Crippen molar-refractivity contribution in [2.24, 2.45) is 5.92 Å². The van der Waals surface area contributed by atoms with E-state index in [2.05, 4.69) is 26.0 Å². The number of piperidine rings is 1. The number of likely N-dealkylation sites (tertiary alicyclic amines) is 1. The van der Waals surface area contributed by atoms with Gasteiger partial charge in [-0.25, -0.2) is 0 Å². The zero-order chi connectivity index (χ0) is 19.2. The van der Waals surface area contributed by atoms with Crippen LogP contribution in [-0.2, 0) is 11.3 Å². The molecule has 2 amide bonds. The molecule has 2 heterocycles. The van der Waals surface area contributed by atoms with Gasteiger partial charge in [0.25, 0.3) is 5.91 Å². The summed E-state index contributed by atoms with van der Waals surface area (Å²) in [4.78, 5) is 29.4. The standard InChI is InChI=1S/C22H28N2O3/c1-3-17(2)24(16-18-8-5-4-6-9-18)21(25)19-11-13-23(14-12-19)22(26)20-10-7-15-27-20/h4-10,15,17,19H,3,11-14,16H2,1-2H3. The lowest BCUT2D eigenvalue weighted by Gasteiger charge is -2.36. The molecule has 0 spiro atoms. The van der Waals surface area contributed by atoms with Crippen LogP contribution in [0.4, 0.5) is 0 Å². The fourth-order valence-electron chi connectivity index (χ4n) is 3.57. The van der Waals surface area contributed by atoms with Gasteiger partial charge in [-0.1, -0.05) is 37.3 Å². The minimum Gasteiger partial charge on any atom is -0.459 e. The highest BCUT2D eigenvalue weighted by Crippen LogP contribution is 2.24. The lowest BCUT2D eigenvalue weighted by Crippen LogP contribution is -2.46. The van der Waals surface area contributed by atoms with Gasteiger partial charge in [0.2, 0.25) is 5.91 Å². The van der Waals surface area contributed by atoms with Gasteiger partial charge < -0.3 is 14.2 Å². The second kappa shape index (κ2) is 8.89. The van der Waals surface area contributed by atoms with E-state index < -0.39 is 0 Å². The molecule has 2 aromatic rings. The maximum Gasteiger partial charge on any atom is 0.289 e. The zero-order valence-corrected chi connectivity index (χ0v) is 16.1. The molecule has 1 saturated heterocycles. The van der Waals surface area contributed by atoms with Gasteiger partial charge in [0.15, 0.2) is 5.76 Å². The molecule has 27 heavy (non-hydrogen) atoms. The number of carbonyl (C=O) groups is 2. The molecule has 1 aromatic carbocycles. The van der Waals surface area contributed by atoms with Crippen LogP contribution in [0.1, 0.15) is 49.2 Å². The van der Waals surface area contributed by atoms with E-state index in [-0.39, 0.29) is 23.8 Å². The van der Waals surface area contributed by atoms with Gasteiger partial charge in [-0.2, -0.15) is 0 Å². The quantitative estimate of drug-likeness (QED) is 0.775. The van der Waals surface area contributed by atoms with Crippen LogP contribution in [0.15, 0.2) is 53.1 Å². The van der Waals surface area contributed by atoms with E-state index >= 15 is 0 Å². The van der Waals surface area contributed by atoms with E-state index in [1.807, 2.05) is 23.1 Å². The molecule has 144 valence electrons. The zero-order valence-electron chi connectivity index (χ0n) is 16.1. The van der Waals surface area contributed by atoms with Crippen LogP contribution in [0.2, 0.25) is 0 Å². The third-order valence-electron chi connectivity index (χ3n) is 5.47. The monoisotopic (exact) mass is 368 g/mol. The van der Waals surface area contributed by atoms with Crippen molar-refractivity contribution >= 4 is 11.8 Å². The Bertz CT molecular complexity index is 734. The van der Waals surface area contributed by atoms with Crippen LogP contribution in [0.3, 0.4) is 0 Å². The van der Waals surface area contributed by atoms with Crippen molar-refractivity contribution in [2.75, 3.05) is 13.1 Å². The van der Waals surface area contributed by atoms with Crippen molar-refractivity contribution in [3.63, 3.8) is 0 Å². The first-order chi connectivity index (χ1) is 13.1. The fourth-order valence-corrected chi connectivity index (χ4v) is 3.57. The van der Waals surface area contributed by atoms with Crippen LogP contribution in [0, 0.1) is 5.92 Å². The third-order valence-corrected chi connectivity index (χ3v) is 5.47. The first kappa shape index (κ1) is 19.2. The second-order valence-corrected chi connectivity index (χ2v) is 7.25. The van der Waals surface area contributed by atoms with E-state index in [9.17, 15) is 9.59 Å². The van der Waals surface area contributed by atoms with Crippen molar-refractivity contribution in [1.29, 1.82) is 0 Å². The molecule has 3 rings (SSSR count). The molecule has 0 saturated carbocycles. The molecule has 0 bridgehead atoms. The minimum atomic E-state index is -0.0889. The molecule has 5 heteroatoms. The highest BCUT2D eigenvalue weighted by Gasteiger charge is 2.32. The van der Waals surface area contributed by atoms with E-state index in [0.29, 0.717) is 38.2 Å². The van der Waals surface area contributed by atoms with Gasteiger partial charge in [0.1, 0.15) is 0 Å². The van der Waals surface area contributed by atoms with Crippen LogP contribution in [0.25, 0.3) is 0 Å². The first-order valence-corrected chi connectivity index (χ1v) is 9.77. The van der Waals surface area contributed by atoms with E-state index in [1.165, 1.54) is 6.26 Å². The summed E-state index contributed by atoms with van der Waals surface area (Å²) in [5.74, 6) is 0.459. The maximum absolute atomic E-state index is 13.2. The van der Waals surface area contributed by atoms with Gasteiger partial charge >= 0.3 is 0 Å². The molecule has 1 unspecified atom stereocenters. The summed E-state index contributed by atoms with van der Waals surface area (Å²) in [7, 11) is 0. The molecule has 1 aromatic heterocycles. The summed E-state index contributed by atoms with van der Waals surface area (Å²) in [6, 6.07) is 13.7. The molecule has 1 atom stereocenters. The maximum atomic E-state index is 13.2. The van der Waals surface area contributed by atoms with E-state index in [4.69, 9.17) is 4.42 Å². The molecule has 1 aliphatic heterocycles. The Morgan fingerprint density at radius 1 is 1.15 bits per heavy atom. The smallest absolute Gasteiger partial charge is 0.289 e. The largest absolute Gasteiger partial charge is 0.459 e. The highest BCUT2D eigenvalue weighted by atomic mass is 16.3. The average molecular weight is 368 g/mol. The van der Waals surface area contributed by atoms with Crippen LogP contribution < -0.4 is 0 Å². The Kier molecular flexibility index (Phi) is 6.32. The molecule has 0 radical (unpaired) electrons. The normalized spacial score (nSPS) is 16.1. The summed E-state index contributed by atoms with van der Waals surface area (Å²) in [5, 5.41) is 0. The van der Waals surface area contributed by atoms with Gasteiger partial charge in [-0.3, -0.25) is 9.59 Å². The SMILES string of the molecule is CCC(C)N(Cc1ccccc1)C(=O)C1CCN(C(=O)c2ccco2)CC1. The number of nitrogens with zero attached hydrogens (tertiary/aromatic N) is 2. The lowest BCUT2D eigenvalue weighted by atomic mass is 9.94. The predicted octanol–water partition coefficient (Wildman–Crippen LogP) is 3.96. The lowest BCUT2D eigenvalue weighted by molar-refractivity contribution is -0.139. The molecule has 5 nitrogen and oxygen atoms in total. The molecule has 0 aliphatic carbocycles. The van der Waals surface area contributed by atoms with Crippen molar-refractivity contribution in [2.45, 2.75) is 45.7 Å². The number of rotatable bonds is 6. The number of benzene rings is 1. The van der Waals surface area contributed by atoms with Crippen molar-refractivity contribution in [1.82, 2.24) is 9.80 Å². The molecule has 0 N–H and O–H groups in total. The summed E-state index contributed by atoms with van der Waals surface area (Å²) in [6.45, 7) is 6.04. The summed E-state index contributed by atoms with van der Waals surface area (Å²) in [5.41, 5.74) is 1.15. The van der Waals surface area contributed by atoms with Gasteiger partial charge in [0.05, 0.1) is 6.26 Å². The van der Waals surface area contributed by atoms with E-state index in [1.54, 1.807) is 17.0 Å². The molecule has 1 aliphatic rings. The Morgan fingerprint density at radius 2 is 1.85 bits per heavy atom. The Hall–Kier alpha value is -2.56. The van der Waals surface area contributed by atoms with Gasteiger partial charge in [0, 0.05) is 31.6 Å². The van der Waals surface area contributed by atoms with Crippen molar-refractivity contribution < 1.29 is 14.0 Å². The Morgan fingerprint density at radius 3 is 2.44 bits per heavy atom. The van der Waals surface area contributed by atoms with Crippen LogP contribution >= 0.6 is 0 Å². The minimum absolute atomic E-state index is 0.0247. The molecular formula is C22H28N2O3. The second-order valence-electron chi connectivity index (χ2n) is 7.25. The number of carbonyl (C=O) groups excluding carboxylic acids is 2. The number of hydrogen-bond acceptors (Lipinski definition) is 3. The van der Waals surface area contributed by atoms with Crippen molar-refractivity contribution in [3.05, 3.63) is 60.1 Å². The van der Waals surface area contributed by atoms with Gasteiger partial charge in [-0.05, 0) is 43.9 Å². The molecular weight excluding hydrogens is 340 g/mol. The van der Waals surface area contributed by atoms with Gasteiger partial charge in [-0.15, -0.1) is 0 Å². The summed E-state index contributed by atoms with van der Waals surface area (Å²) < 4.78 is 5.21. The van der Waals surface area contributed by atoms with E-state index in [0.717, 1.165) is 12.0 Å². The number of furan rings is 1. The van der Waals surface area contributed by atoms with Crippen LogP contribution in [0.5, 0.6) is 0 Å². The average Bonchev–Trinajstić information content (AvgIpc) is 3.26. The first-order valence-electron chi connectivity index (χ1n) is 9.77. The van der Waals surface area contributed by atoms with Crippen LogP contribution in [-0.4, -0.2) is 40.7 Å². The topological polar surface area (TPSA) is 53.8 Å². The summed E-state index contributed by atoms with van der Waals surface area (Å²) in [6.07, 6.45) is 3.84. The predicted molar refractivity (Wildman–Crippen MR) is 104 cm³/mol.